The number of carbonyl (C=O) groups excluding carboxylic acids is 1. The van der Waals surface area contributed by atoms with Gasteiger partial charge in [-0.3, -0.25) is 15.2 Å². The van der Waals surface area contributed by atoms with Gasteiger partial charge in [-0.05, 0) is 31.0 Å². The van der Waals surface area contributed by atoms with Gasteiger partial charge in [0.1, 0.15) is 5.84 Å². The average Bonchev–Trinajstić information content (AvgIpc) is 2.50. The van der Waals surface area contributed by atoms with Crippen molar-refractivity contribution in [2.24, 2.45) is 22.2 Å². The number of carbonyl (C=O) groups is 1. The Kier molecular flexibility index (Phi) is 7.38. The Labute approximate surface area is 135 Å². The first-order valence-electron chi connectivity index (χ1n) is 7.22. The number of aliphatic imine (C=N–C) groups is 1. The molecule has 0 saturated heterocycles. The van der Waals surface area contributed by atoms with Crippen molar-refractivity contribution in [3.05, 3.63) is 23.8 Å². The number of ether oxygens (including phenoxy) is 2. The SMILES string of the molecule is COc1cc(C(=N)N)ccc1OC(=O)CCCCCN=C(N)N. The molecule has 126 valence electrons. The highest BCUT2D eigenvalue weighted by Crippen LogP contribution is 2.28. The summed E-state index contributed by atoms with van der Waals surface area (Å²) in [6, 6.07) is 4.72. The number of nitrogen functional groups attached to an aromatic ring is 1. The predicted molar refractivity (Wildman–Crippen MR) is 88.8 cm³/mol. The van der Waals surface area contributed by atoms with Gasteiger partial charge in [0.2, 0.25) is 0 Å². The van der Waals surface area contributed by atoms with E-state index in [1.165, 1.54) is 7.11 Å². The summed E-state index contributed by atoms with van der Waals surface area (Å²) in [6.45, 7) is 0.553. The predicted octanol–water partition coefficient (Wildman–Crippen LogP) is 0.718. The minimum Gasteiger partial charge on any atom is -0.493 e. The van der Waals surface area contributed by atoms with Crippen molar-refractivity contribution in [3.8, 4) is 11.5 Å². The van der Waals surface area contributed by atoms with Crippen molar-refractivity contribution >= 4 is 17.8 Å². The van der Waals surface area contributed by atoms with E-state index in [9.17, 15) is 4.79 Å². The van der Waals surface area contributed by atoms with E-state index in [1.807, 2.05) is 0 Å². The maximum Gasteiger partial charge on any atom is 0.311 e. The Morgan fingerprint density at radius 2 is 1.91 bits per heavy atom. The summed E-state index contributed by atoms with van der Waals surface area (Å²) < 4.78 is 10.4. The zero-order chi connectivity index (χ0) is 17.2. The van der Waals surface area contributed by atoms with Crippen LogP contribution in [0.1, 0.15) is 31.2 Å². The maximum absolute atomic E-state index is 11.8. The third-order valence-corrected chi connectivity index (χ3v) is 3.03. The average molecular weight is 321 g/mol. The highest BCUT2D eigenvalue weighted by atomic mass is 16.6. The topological polar surface area (TPSA) is 150 Å². The summed E-state index contributed by atoms with van der Waals surface area (Å²) >= 11 is 0. The van der Waals surface area contributed by atoms with E-state index >= 15 is 0 Å². The van der Waals surface area contributed by atoms with Crippen molar-refractivity contribution in [1.82, 2.24) is 0 Å². The van der Waals surface area contributed by atoms with Crippen LogP contribution < -0.4 is 26.7 Å². The van der Waals surface area contributed by atoms with Crippen LogP contribution in [0.25, 0.3) is 0 Å². The molecule has 1 rings (SSSR count). The van der Waals surface area contributed by atoms with Crippen LogP contribution in [0.4, 0.5) is 0 Å². The highest BCUT2D eigenvalue weighted by Gasteiger charge is 2.11. The van der Waals surface area contributed by atoms with Gasteiger partial charge in [0.25, 0.3) is 0 Å². The number of hydrogen-bond acceptors (Lipinski definition) is 5. The Bertz CT molecular complexity index is 582. The van der Waals surface area contributed by atoms with E-state index in [0.29, 0.717) is 36.4 Å². The fourth-order valence-corrected chi connectivity index (χ4v) is 1.86. The molecule has 0 bridgehead atoms. The Morgan fingerprint density at radius 1 is 1.17 bits per heavy atom. The van der Waals surface area contributed by atoms with E-state index < -0.39 is 0 Å². The van der Waals surface area contributed by atoms with Crippen LogP contribution in [-0.4, -0.2) is 31.4 Å². The fraction of sp³-hybridized carbons (Fsp3) is 0.400. The molecule has 8 nitrogen and oxygen atoms in total. The number of benzene rings is 1. The van der Waals surface area contributed by atoms with Gasteiger partial charge in [-0.25, -0.2) is 0 Å². The number of methoxy groups -OCH3 is 1. The van der Waals surface area contributed by atoms with Crippen molar-refractivity contribution in [2.45, 2.75) is 25.7 Å². The molecule has 0 atom stereocenters. The first-order valence-corrected chi connectivity index (χ1v) is 7.22. The molecule has 7 N–H and O–H groups in total. The van der Waals surface area contributed by atoms with E-state index in [1.54, 1.807) is 18.2 Å². The summed E-state index contributed by atoms with van der Waals surface area (Å²) in [5.41, 5.74) is 16.3. The molecule has 0 aliphatic carbocycles. The zero-order valence-corrected chi connectivity index (χ0v) is 13.2. The minimum absolute atomic E-state index is 0.0745. The van der Waals surface area contributed by atoms with Crippen LogP contribution in [-0.2, 0) is 4.79 Å². The lowest BCUT2D eigenvalue weighted by Gasteiger charge is -2.10. The second-order valence-electron chi connectivity index (χ2n) is 4.87. The van der Waals surface area contributed by atoms with Crippen LogP contribution in [0.5, 0.6) is 11.5 Å². The standard InChI is InChI=1S/C15H23N5O3/c1-22-12-9-10(14(16)17)6-7-11(12)23-13(21)5-3-2-4-8-20-15(18)19/h6-7,9H,2-5,8H2,1H3,(H3,16,17)(H4,18,19,20). The number of unbranched alkanes of at least 4 members (excludes halogenated alkanes) is 2. The molecule has 0 heterocycles. The number of nitrogens with one attached hydrogen (secondary N) is 1. The van der Waals surface area contributed by atoms with Gasteiger partial charge in [-0.15, -0.1) is 0 Å². The van der Waals surface area contributed by atoms with Gasteiger partial charge in [0.05, 0.1) is 7.11 Å². The van der Waals surface area contributed by atoms with Gasteiger partial charge in [0, 0.05) is 18.5 Å². The van der Waals surface area contributed by atoms with Crippen LogP contribution in [0.2, 0.25) is 0 Å². The molecule has 1 aromatic carbocycles. The number of esters is 1. The molecular weight excluding hydrogens is 298 g/mol. The number of nitrogens with two attached hydrogens (primary N) is 3. The molecule has 0 aliphatic heterocycles. The Morgan fingerprint density at radius 3 is 2.52 bits per heavy atom. The molecule has 0 unspecified atom stereocenters. The molecule has 8 heteroatoms. The number of rotatable bonds is 9. The van der Waals surface area contributed by atoms with Gasteiger partial charge in [-0.1, -0.05) is 6.42 Å². The third-order valence-electron chi connectivity index (χ3n) is 3.03. The van der Waals surface area contributed by atoms with E-state index in [0.717, 1.165) is 12.8 Å². The summed E-state index contributed by atoms with van der Waals surface area (Å²) in [4.78, 5) is 15.7. The normalized spacial score (nSPS) is 9.96. The molecule has 1 aromatic rings. The second-order valence-corrected chi connectivity index (χ2v) is 4.87. The molecule has 0 aromatic heterocycles. The monoisotopic (exact) mass is 321 g/mol. The van der Waals surface area contributed by atoms with E-state index in [4.69, 9.17) is 32.1 Å². The van der Waals surface area contributed by atoms with Crippen molar-refractivity contribution in [2.75, 3.05) is 13.7 Å². The van der Waals surface area contributed by atoms with Crippen LogP contribution in [0, 0.1) is 5.41 Å². The molecule has 0 aliphatic rings. The number of amidine groups is 1. The third kappa shape index (κ3) is 6.68. The van der Waals surface area contributed by atoms with Gasteiger partial charge >= 0.3 is 5.97 Å². The fourth-order valence-electron chi connectivity index (χ4n) is 1.86. The van der Waals surface area contributed by atoms with Crippen molar-refractivity contribution in [3.63, 3.8) is 0 Å². The molecule has 0 amide bonds. The molecule has 0 fully saturated rings. The maximum atomic E-state index is 11.8. The van der Waals surface area contributed by atoms with Gasteiger partial charge in [-0.2, -0.15) is 0 Å². The molecule has 0 radical (unpaired) electrons. The van der Waals surface area contributed by atoms with E-state index in [2.05, 4.69) is 4.99 Å². The molecule has 0 spiro atoms. The lowest BCUT2D eigenvalue weighted by atomic mass is 10.2. The van der Waals surface area contributed by atoms with Crippen molar-refractivity contribution in [1.29, 1.82) is 5.41 Å². The number of nitrogens with zero attached hydrogens (tertiary/aromatic N) is 1. The van der Waals surface area contributed by atoms with Crippen LogP contribution >= 0.6 is 0 Å². The Balaban J connectivity index is 2.45. The zero-order valence-electron chi connectivity index (χ0n) is 13.2. The van der Waals surface area contributed by atoms with Crippen LogP contribution in [0.3, 0.4) is 0 Å². The summed E-state index contributed by atoms with van der Waals surface area (Å²) in [6.07, 6.45) is 2.61. The number of hydrogen-bond donors (Lipinski definition) is 4. The summed E-state index contributed by atoms with van der Waals surface area (Å²) in [5.74, 6) is 0.315. The first kappa shape index (κ1) is 18.3. The lowest BCUT2D eigenvalue weighted by molar-refractivity contribution is -0.134. The molecule has 23 heavy (non-hydrogen) atoms. The number of guanidine groups is 1. The summed E-state index contributed by atoms with van der Waals surface area (Å²) in [5, 5.41) is 7.38. The van der Waals surface area contributed by atoms with Gasteiger partial charge in [0.15, 0.2) is 17.5 Å². The van der Waals surface area contributed by atoms with Crippen LogP contribution in [0.15, 0.2) is 23.2 Å². The summed E-state index contributed by atoms with van der Waals surface area (Å²) in [7, 11) is 1.46. The molecule has 0 saturated carbocycles. The highest BCUT2D eigenvalue weighted by molar-refractivity contribution is 5.95. The largest absolute Gasteiger partial charge is 0.493 e. The minimum atomic E-state index is -0.347. The van der Waals surface area contributed by atoms with Gasteiger partial charge < -0.3 is 26.7 Å². The molecular formula is C15H23N5O3. The smallest absolute Gasteiger partial charge is 0.311 e. The second kappa shape index (κ2) is 9.29. The Hall–Kier alpha value is -2.77. The lowest BCUT2D eigenvalue weighted by Crippen LogP contribution is -2.22. The first-order chi connectivity index (χ1) is 10.9. The quantitative estimate of drug-likeness (QED) is 0.173. The van der Waals surface area contributed by atoms with Crippen molar-refractivity contribution < 1.29 is 14.3 Å². The van der Waals surface area contributed by atoms with E-state index in [-0.39, 0.29) is 17.8 Å².